The summed E-state index contributed by atoms with van der Waals surface area (Å²) in [5.74, 6) is 2.71. The van der Waals surface area contributed by atoms with Gasteiger partial charge >= 0.3 is 6.09 Å². The van der Waals surface area contributed by atoms with Crippen LogP contribution in [0.15, 0.2) is 51.1 Å². The number of ether oxygens (including phenoxy) is 5. The molecule has 3 atom stereocenters. The molecule has 2 unspecified atom stereocenters. The second-order valence-corrected chi connectivity index (χ2v) is 32.7. The zero-order chi connectivity index (χ0) is 46.1. The Morgan fingerprint density at radius 1 is 0.825 bits per heavy atom. The summed E-state index contributed by atoms with van der Waals surface area (Å²) in [6.07, 6.45) is 0.495. The van der Waals surface area contributed by atoms with Crippen LogP contribution < -0.4 is 24.6 Å². The molecule has 19 heteroatoms. The SMILES string of the molecule is CC1C(=O)N(COCC[Si](C)(C)C)N=C2COc3ccc(Br)cc3N21.CC1C(=O)N(COCC[Si](C)(C)C)N=C2COc3ccc(N[C@@]4(C)CCN(C(=O)OC(C)(C)C)C4)cc3N21. The molecule has 0 spiro atoms. The number of nitrogens with one attached hydrogen (secondary N) is 1. The zero-order valence-corrected chi connectivity index (χ0v) is 42.8. The summed E-state index contributed by atoms with van der Waals surface area (Å²) in [6, 6.07) is 13.0. The summed E-state index contributed by atoms with van der Waals surface area (Å²) in [6.45, 7) is 28.7. The minimum Gasteiger partial charge on any atom is -0.483 e. The van der Waals surface area contributed by atoms with Crippen molar-refractivity contribution in [3.05, 3.63) is 40.9 Å². The summed E-state index contributed by atoms with van der Waals surface area (Å²) < 4.78 is 29.8. The van der Waals surface area contributed by atoms with Gasteiger partial charge in [0.15, 0.2) is 11.7 Å². The largest absolute Gasteiger partial charge is 0.483 e. The molecule has 0 aromatic heterocycles. The molecule has 5 aliphatic heterocycles. The van der Waals surface area contributed by atoms with E-state index in [0.717, 1.165) is 51.6 Å². The molecule has 7 rings (SSSR count). The number of rotatable bonds is 12. The maximum atomic E-state index is 13.2. The van der Waals surface area contributed by atoms with Crippen LogP contribution in [0.1, 0.15) is 48.0 Å². The van der Waals surface area contributed by atoms with Crippen LogP contribution in [0.5, 0.6) is 11.5 Å². The van der Waals surface area contributed by atoms with Gasteiger partial charge in [0.2, 0.25) is 0 Å². The molecule has 1 saturated heterocycles. The summed E-state index contributed by atoms with van der Waals surface area (Å²) in [5.41, 5.74) is 1.70. The first-order valence-corrected chi connectivity index (χ1v) is 30.1. The third kappa shape index (κ3) is 12.3. The van der Waals surface area contributed by atoms with E-state index in [9.17, 15) is 14.4 Å². The van der Waals surface area contributed by atoms with Gasteiger partial charge in [-0.05, 0) is 96.4 Å². The third-order valence-electron chi connectivity index (χ3n) is 11.1. The van der Waals surface area contributed by atoms with Gasteiger partial charge < -0.3 is 43.7 Å². The molecule has 2 aromatic rings. The van der Waals surface area contributed by atoms with Gasteiger partial charge in [-0.25, -0.2) is 14.8 Å². The van der Waals surface area contributed by atoms with E-state index < -0.39 is 27.8 Å². The van der Waals surface area contributed by atoms with Gasteiger partial charge in [0.25, 0.3) is 11.8 Å². The van der Waals surface area contributed by atoms with E-state index in [2.05, 4.69) is 77.7 Å². The van der Waals surface area contributed by atoms with E-state index in [1.165, 1.54) is 10.0 Å². The Hall–Kier alpha value is -4.18. The molecule has 2 aromatic carbocycles. The molecule has 0 saturated carbocycles. The topological polar surface area (TPSA) is 150 Å². The summed E-state index contributed by atoms with van der Waals surface area (Å²) in [5, 5.41) is 15.5. The number of nitrogens with zero attached hydrogens (tertiary/aromatic N) is 7. The van der Waals surface area contributed by atoms with Crippen molar-refractivity contribution in [1.29, 1.82) is 0 Å². The fourth-order valence-corrected chi connectivity index (χ4v) is 9.46. The van der Waals surface area contributed by atoms with Crippen LogP contribution in [0.3, 0.4) is 0 Å². The Morgan fingerprint density at radius 3 is 1.81 bits per heavy atom. The Labute approximate surface area is 383 Å². The second-order valence-electron chi connectivity index (χ2n) is 20.5. The number of carbonyl (C=O) groups is 3. The van der Waals surface area contributed by atoms with Crippen molar-refractivity contribution >= 4 is 78.7 Å². The fraction of sp³-hybridized carbons (Fsp3) is 0.614. The number of likely N-dealkylation sites (tertiary alicyclic amines) is 1. The van der Waals surface area contributed by atoms with Crippen molar-refractivity contribution < 1.29 is 38.1 Å². The third-order valence-corrected chi connectivity index (χ3v) is 15.0. The van der Waals surface area contributed by atoms with E-state index >= 15 is 0 Å². The Morgan fingerprint density at radius 2 is 1.32 bits per heavy atom. The first-order valence-electron chi connectivity index (χ1n) is 21.9. The van der Waals surface area contributed by atoms with E-state index in [-0.39, 0.29) is 49.6 Å². The average molecular weight is 972 g/mol. The predicted molar refractivity (Wildman–Crippen MR) is 256 cm³/mol. The quantitative estimate of drug-likeness (QED) is 0.163. The normalized spacial score (nSPS) is 22.1. The molecule has 0 aliphatic carbocycles. The number of hydrazone groups is 2. The van der Waals surface area contributed by atoms with E-state index in [4.69, 9.17) is 23.7 Å². The fourth-order valence-electron chi connectivity index (χ4n) is 7.59. The smallest absolute Gasteiger partial charge is 0.410 e. The predicted octanol–water partition coefficient (Wildman–Crippen LogP) is 8.06. The average Bonchev–Trinajstić information content (AvgIpc) is 3.58. The van der Waals surface area contributed by atoms with Crippen molar-refractivity contribution in [3.63, 3.8) is 0 Å². The highest BCUT2D eigenvalue weighted by Gasteiger charge is 2.42. The number of amides is 3. The minimum absolute atomic E-state index is 0.0652. The molecule has 3 amide bonds. The van der Waals surface area contributed by atoms with Crippen molar-refractivity contribution in [1.82, 2.24) is 14.9 Å². The molecule has 16 nitrogen and oxygen atoms in total. The van der Waals surface area contributed by atoms with Gasteiger partial charge in [0, 0.05) is 52.6 Å². The van der Waals surface area contributed by atoms with Crippen LogP contribution in [-0.2, 0) is 23.8 Å². The highest BCUT2D eigenvalue weighted by molar-refractivity contribution is 9.10. The molecule has 1 N–H and O–H groups in total. The number of halogens is 1. The van der Waals surface area contributed by atoms with Gasteiger partial charge in [-0.1, -0.05) is 55.2 Å². The molecule has 346 valence electrons. The molecule has 0 bridgehead atoms. The lowest BCUT2D eigenvalue weighted by Crippen LogP contribution is -2.57. The first-order chi connectivity index (χ1) is 29.4. The minimum atomic E-state index is -1.21. The molecular formula is C44H67BrN8O8Si2. The number of benzene rings is 2. The van der Waals surface area contributed by atoms with E-state index in [1.54, 1.807) is 4.90 Å². The number of anilines is 3. The summed E-state index contributed by atoms with van der Waals surface area (Å²) in [4.78, 5) is 44.1. The molecular weight excluding hydrogens is 905 g/mol. The van der Waals surface area contributed by atoms with Crippen molar-refractivity contribution in [2.24, 2.45) is 10.2 Å². The molecule has 0 radical (unpaired) electrons. The van der Waals surface area contributed by atoms with Crippen LogP contribution in [-0.4, -0.2) is 137 Å². The van der Waals surface area contributed by atoms with Gasteiger partial charge in [-0.3, -0.25) is 9.59 Å². The van der Waals surface area contributed by atoms with Crippen LogP contribution >= 0.6 is 15.9 Å². The van der Waals surface area contributed by atoms with Crippen molar-refractivity contribution in [2.45, 2.75) is 123 Å². The van der Waals surface area contributed by atoms with Crippen molar-refractivity contribution in [3.8, 4) is 11.5 Å². The summed E-state index contributed by atoms with van der Waals surface area (Å²) >= 11 is 3.48. The van der Waals surface area contributed by atoms with Crippen LogP contribution in [0.2, 0.25) is 51.4 Å². The number of carbonyl (C=O) groups excluding carboxylic acids is 3. The Kier molecular flexibility index (Phi) is 14.7. The maximum absolute atomic E-state index is 13.2. The maximum Gasteiger partial charge on any atom is 0.410 e. The standard InChI is InChI=1S/C27H43N5O5Si.C17H24BrN3O3Si/c1-19-24(33)31(18-35-13-14-38(6,7)8)29-23-16-36-22-10-9-20(15-21(22)32(19)23)28-27(5)11-12-30(17-27)25(34)37-26(2,3)4;1-12-17(22)20(11-23-7-8-25(2,3)4)19-16-10-24-15-6-5-13(18)9-14(15)21(12)16/h9-10,15,19,28H,11-14,16-18H2,1-8H3;5-6,9,12H,7-8,10-11H2,1-4H3/t19?,27-;/m0./s1. The number of fused-ring (bicyclic) bond motifs is 6. The lowest BCUT2D eigenvalue weighted by Gasteiger charge is -2.41. The molecule has 5 heterocycles. The Balaban J connectivity index is 0.000000228. The van der Waals surface area contributed by atoms with E-state index in [1.807, 2.05) is 80.8 Å². The molecule has 5 aliphatic rings. The number of hydrogen-bond acceptors (Lipinski definition) is 13. The van der Waals surface area contributed by atoms with E-state index in [0.29, 0.717) is 44.5 Å². The highest BCUT2D eigenvalue weighted by atomic mass is 79.9. The van der Waals surface area contributed by atoms with Gasteiger partial charge in [-0.15, -0.1) is 0 Å². The molecule has 63 heavy (non-hydrogen) atoms. The van der Waals surface area contributed by atoms with Gasteiger partial charge in [-0.2, -0.15) is 10.2 Å². The lowest BCUT2D eigenvalue weighted by molar-refractivity contribution is -0.139. The number of hydrogen-bond donors (Lipinski definition) is 1. The summed E-state index contributed by atoms with van der Waals surface area (Å²) in [7, 11) is -2.35. The van der Waals surface area contributed by atoms with Gasteiger partial charge in [0.05, 0.1) is 16.9 Å². The monoisotopic (exact) mass is 970 g/mol. The lowest BCUT2D eigenvalue weighted by atomic mass is 10.0. The van der Waals surface area contributed by atoms with Crippen LogP contribution in [0.4, 0.5) is 21.9 Å². The van der Waals surface area contributed by atoms with Gasteiger partial charge in [0.1, 0.15) is 55.9 Å². The Bertz CT molecular complexity index is 2090. The first kappa shape index (κ1) is 48.3. The van der Waals surface area contributed by atoms with Crippen LogP contribution in [0, 0.1) is 0 Å². The van der Waals surface area contributed by atoms with Crippen molar-refractivity contribution in [2.75, 3.05) is 68.1 Å². The second kappa shape index (κ2) is 19.1. The number of amidine groups is 2. The van der Waals surface area contributed by atoms with Crippen LogP contribution in [0.25, 0.3) is 0 Å². The molecule has 1 fully saturated rings. The highest BCUT2D eigenvalue weighted by Crippen LogP contribution is 2.40. The zero-order valence-electron chi connectivity index (χ0n) is 39.2.